The van der Waals surface area contributed by atoms with Crippen LogP contribution in [0.1, 0.15) is 26.3 Å². The van der Waals surface area contributed by atoms with E-state index in [2.05, 4.69) is 15.9 Å². The predicted molar refractivity (Wildman–Crippen MR) is 115 cm³/mol. The Labute approximate surface area is 186 Å². The molecule has 11 heteroatoms. The van der Waals surface area contributed by atoms with Gasteiger partial charge in [-0.2, -0.15) is 17.0 Å². The molecule has 0 atom stereocenters. The zero-order valence-corrected chi connectivity index (χ0v) is 19.8. The molecule has 0 aromatic heterocycles. The van der Waals surface area contributed by atoms with Crippen molar-refractivity contribution in [2.24, 2.45) is 0 Å². The minimum Gasteiger partial charge on any atom is -0.445 e. The molecule has 1 saturated heterocycles. The molecule has 0 aliphatic carbocycles. The summed E-state index contributed by atoms with van der Waals surface area (Å²) in [5.41, 5.74) is 0.0492. The standard InChI is InChI=1S/C19H28BrN3O6S/c1-19(2,3)29-18(25)23(10-9-20)30(26,27)22-13-11-21(12-14-22)17(24)28-15-16-7-5-4-6-8-16/h4-8H,9-15H2,1-3H3. The smallest absolute Gasteiger partial charge is 0.425 e. The molecule has 1 aromatic rings. The summed E-state index contributed by atoms with van der Waals surface area (Å²) in [7, 11) is -4.08. The molecule has 1 aromatic carbocycles. The van der Waals surface area contributed by atoms with Gasteiger partial charge in [-0.3, -0.25) is 0 Å². The van der Waals surface area contributed by atoms with Crippen molar-refractivity contribution in [1.29, 1.82) is 0 Å². The summed E-state index contributed by atoms with van der Waals surface area (Å²) in [4.78, 5) is 26.2. The minimum absolute atomic E-state index is 0.0590. The van der Waals surface area contributed by atoms with Crippen molar-refractivity contribution in [3.63, 3.8) is 0 Å². The van der Waals surface area contributed by atoms with Gasteiger partial charge in [0, 0.05) is 31.5 Å². The molecule has 0 N–H and O–H groups in total. The largest absolute Gasteiger partial charge is 0.445 e. The molecule has 1 aliphatic rings. The van der Waals surface area contributed by atoms with Gasteiger partial charge in [-0.25, -0.2) is 9.59 Å². The highest BCUT2D eigenvalue weighted by Crippen LogP contribution is 2.18. The van der Waals surface area contributed by atoms with Gasteiger partial charge in [0.15, 0.2) is 0 Å². The summed E-state index contributed by atoms with van der Waals surface area (Å²) in [6.07, 6.45) is -1.42. The van der Waals surface area contributed by atoms with E-state index in [1.807, 2.05) is 30.3 Å². The van der Waals surface area contributed by atoms with Crippen molar-refractivity contribution in [3.8, 4) is 0 Å². The molecule has 2 amide bonds. The number of alkyl halides is 1. The Morgan fingerprint density at radius 1 is 1.10 bits per heavy atom. The van der Waals surface area contributed by atoms with E-state index >= 15 is 0 Å². The lowest BCUT2D eigenvalue weighted by Crippen LogP contribution is -2.56. The number of halogens is 1. The van der Waals surface area contributed by atoms with Crippen molar-refractivity contribution in [2.45, 2.75) is 33.0 Å². The number of carbonyl (C=O) groups excluding carboxylic acids is 2. The van der Waals surface area contributed by atoms with Crippen molar-refractivity contribution in [3.05, 3.63) is 35.9 Å². The molecule has 9 nitrogen and oxygen atoms in total. The lowest BCUT2D eigenvalue weighted by atomic mass is 10.2. The minimum atomic E-state index is -4.08. The topological polar surface area (TPSA) is 96.5 Å². The van der Waals surface area contributed by atoms with Gasteiger partial charge in [-0.05, 0) is 26.3 Å². The second-order valence-corrected chi connectivity index (χ2v) is 10.3. The molecule has 2 rings (SSSR count). The van der Waals surface area contributed by atoms with Gasteiger partial charge in [0.2, 0.25) is 0 Å². The van der Waals surface area contributed by atoms with E-state index in [4.69, 9.17) is 9.47 Å². The zero-order valence-electron chi connectivity index (χ0n) is 17.4. The van der Waals surface area contributed by atoms with Gasteiger partial charge >= 0.3 is 22.4 Å². The number of nitrogens with zero attached hydrogens (tertiary/aromatic N) is 3. The van der Waals surface area contributed by atoms with Crippen LogP contribution in [0.2, 0.25) is 0 Å². The Bertz CT molecular complexity index is 820. The van der Waals surface area contributed by atoms with E-state index in [0.717, 1.165) is 9.87 Å². The van der Waals surface area contributed by atoms with Crippen LogP contribution in [-0.4, -0.2) is 77.8 Å². The molecule has 1 aliphatic heterocycles. The van der Waals surface area contributed by atoms with Crippen molar-refractivity contribution < 1.29 is 27.5 Å². The van der Waals surface area contributed by atoms with Gasteiger partial charge in [0.05, 0.1) is 6.54 Å². The lowest BCUT2D eigenvalue weighted by Gasteiger charge is -2.36. The number of carbonyl (C=O) groups is 2. The number of piperazine rings is 1. The first-order valence-electron chi connectivity index (χ1n) is 9.57. The molecule has 0 radical (unpaired) electrons. The van der Waals surface area contributed by atoms with Crippen LogP contribution in [0.15, 0.2) is 30.3 Å². The maximum Gasteiger partial charge on any atom is 0.425 e. The number of rotatable bonds is 6. The highest BCUT2D eigenvalue weighted by molar-refractivity contribution is 9.09. The van der Waals surface area contributed by atoms with E-state index in [9.17, 15) is 18.0 Å². The van der Waals surface area contributed by atoms with Gasteiger partial charge in [0.25, 0.3) is 0 Å². The Hall–Kier alpha value is -1.85. The first-order valence-corrected chi connectivity index (χ1v) is 12.1. The third-order valence-corrected chi connectivity index (χ3v) is 6.45. The fourth-order valence-corrected chi connectivity index (χ4v) is 4.78. The predicted octanol–water partition coefficient (Wildman–Crippen LogP) is 2.82. The fraction of sp³-hybridized carbons (Fsp3) is 0.579. The number of benzene rings is 1. The van der Waals surface area contributed by atoms with Gasteiger partial charge in [-0.1, -0.05) is 46.3 Å². The summed E-state index contributed by atoms with van der Waals surface area (Å²) in [6, 6.07) is 9.30. The Morgan fingerprint density at radius 3 is 2.23 bits per heavy atom. The van der Waals surface area contributed by atoms with Crippen LogP contribution >= 0.6 is 15.9 Å². The second-order valence-electron chi connectivity index (χ2n) is 7.68. The van der Waals surface area contributed by atoms with Crippen molar-refractivity contribution in [2.75, 3.05) is 38.1 Å². The average Bonchev–Trinajstić information content (AvgIpc) is 2.69. The number of hydrogen-bond donors (Lipinski definition) is 0. The Morgan fingerprint density at radius 2 is 1.70 bits per heavy atom. The summed E-state index contributed by atoms with van der Waals surface area (Å²) in [5, 5.41) is 0.275. The number of ether oxygens (including phenoxy) is 2. The normalized spacial score (nSPS) is 15.5. The lowest BCUT2D eigenvalue weighted by molar-refractivity contribution is 0.0382. The average molecular weight is 506 g/mol. The van der Waals surface area contributed by atoms with Crippen LogP contribution in [-0.2, 0) is 26.3 Å². The maximum absolute atomic E-state index is 13.0. The first kappa shape index (κ1) is 24.4. The molecule has 1 heterocycles. The SMILES string of the molecule is CC(C)(C)OC(=O)N(CCBr)S(=O)(=O)N1CCN(C(=O)OCc2ccccc2)CC1. The Kier molecular flexibility index (Phi) is 8.51. The third kappa shape index (κ3) is 6.85. The number of amides is 2. The zero-order chi connectivity index (χ0) is 22.4. The van der Waals surface area contributed by atoms with E-state index in [0.29, 0.717) is 0 Å². The monoisotopic (exact) mass is 505 g/mol. The van der Waals surface area contributed by atoms with Gasteiger partial charge in [-0.15, -0.1) is 0 Å². The Balaban J connectivity index is 1.95. The van der Waals surface area contributed by atoms with Crippen LogP contribution in [0, 0.1) is 0 Å². The van der Waals surface area contributed by atoms with Crippen LogP contribution in [0.25, 0.3) is 0 Å². The third-order valence-electron chi connectivity index (χ3n) is 4.19. The van der Waals surface area contributed by atoms with Gasteiger partial charge < -0.3 is 14.4 Å². The van der Waals surface area contributed by atoms with E-state index in [1.54, 1.807) is 20.8 Å². The molecule has 0 spiro atoms. The summed E-state index contributed by atoms with van der Waals surface area (Å²) in [5.74, 6) is 0. The van der Waals surface area contributed by atoms with E-state index in [-0.39, 0.29) is 44.7 Å². The highest BCUT2D eigenvalue weighted by atomic mass is 79.9. The molecule has 168 valence electrons. The molecular weight excluding hydrogens is 478 g/mol. The molecule has 1 fully saturated rings. The molecule has 30 heavy (non-hydrogen) atoms. The van der Waals surface area contributed by atoms with Crippen LogP contribution in [0.5, 0.6) is 0 Å². The van der Waals surface area contributed by atoms with Crippen molar-refractivity contribution >= 4 is 38.3 Å². The summed E-state index contributed by atoms with van der Waals surface area (Å²) < 4.78 is 38.4. The molecule has 0 unspecified atom stereocenters. The summed E-state index contributed by atoms with van der Waals surface area (Å²) in [6.45, 7) is 5.56. The molecule has 0 saturated carbocycles. The summed E-state index contributed by atoms with van der Waals surface area (Å²) >= 11 is 3.18. The molecular formula is C19H28BrN3O6S. The van der Waals surface area contributed by atoms with Crippen LogP contribution < -0.4 is 0 Å². The quantitative estimate of drug-likeness (QED) is 0.551. The van der Waals surface area contributed by atoms with Crippen molar-refractivity contribution in [1.82, 2.24) is 13.5 Å². The van der Waals surface area contributed by atoms with Crippen LogP contribution in [0.3, 0.4) is 0 Å². The van der Waals surface area contributed by atoms with E-state index in [1.165, 1.54) is 9.21 Å². The highest BCUT2D eigenvalue weighted by Gasteiger charge is 2.38. The molecule has 0 bridgehead atoms. The second kappa shape index (κ2) is 10.5. The van der Waals surface area contributed by atoms with Gasteiger partial charge in [0.1, 0.15) is 12.2 Å². The number of hydrogen-bond acceptors (Lipinski definition) is 6. The first-order chi connectivity index (χ1) is 14.0. The fourth-order valence-electron chi connectivity index (χ4n) is 2.74. The maximum atomic E-state index is 13.0. The van der Waals surface area contributed by atoms with E-state index < -0.39 is 28.0 Å². The van der Waals surface area contributed by atoms with Crippen LogP contribution in [0.4, 0.5) is 9.59 Å².